The summed E-state index contributed by atoms with van der Waals surface area (Å²) in [7, 11) is 0. The monoisotopic (exact) mass is 336 g/mol. The molecule has 126 valence electrons. The number of rotatable bonds is 4. The molecule has 4 heteroatoms. The third-order valence-electron chi connectivity index (χ3n) is 4.58. The van der Waals surface area contributed by atoms with Gasteiger partial charge in [0.15, 0.2) is 0 Å². The number of aryl methyl sites for hydroxylation is 1. The molecule has 2 nitrogen and oxygen atoms in total. The average Bonchev–Trinajstić information content (AvgIpc) is 2.95. The lowest BCUT2D eigenvalue weighted by Crippen LogP contribution is -2.02. The zero-order valence-electron chi connectivity index (χ0n) is 13.9. The van der Waals surface area contributed by atoms with Gasteiger partial charge in [-0.3, -0.25) is 0 Å². The normalized spacial score (nSPS) is 11.3. The van der Waals surface area contributed by atoms with Gasteiger partial charge in [0.05, 0.1) is 0 Å². The van der Waals surface area contributed by atoms with Crippen molar-refractivity contribution in [2.24, 2.45) is 0 Å². The molecule has 0 unspecified atom stereocenters. The Bertz CT molecular complexity index is 1070. The van der Waals surface area contributed by atoms with E-state index in [9.17, 15) is 8.78 Å². The maximum absolute atomic E-state index is 13.8. The van der Waals surface area contributed by atoms with Crippen LogP contribution in [0.5, 0.6) is 0 Å². The molecule has 3 aromatic carbocycles. The van der Waals surface area contributed by atoms with E-state index in [-0.39, 0.29) is 6.54 Å². The minimum atomic E-state index is -0.431. The van der Waals surface area contributed by atoms with E-state index < -0.39 is 11.6 Å². The molecule has 0 atom stereocenters. The zero-order chi connectivity index (χ0) is 17.4. The first-order chi connectivity index (χ1) is 12.2. The summed E-state index contributed by atoms with van der Waals surface area (Å²) in [6.45, 7) is 3.26. The molecule has 25 heavy (non-hydrogen) atoms. The number of nitrogens with one attached hydrogen (secondary N) is 1. The van der Waals surface area contributed by atoms with Crippen LogP contribution in [-0.2, 0) is 13.1 Å². The predicted octanol–water partition coefficient (Wildman–Crippen LogP) is 5.70. The van der Waals surface area contributed by atoms with Gasteiger partial charge in [-0.05, 0) is 49.4 Å². The van der Waals surface area contributed by atoms with Crippen LogP contribution >= 0.6 is 0 Å². The predicted molar refractivity (Wildman–Crippen MR) is 98.8 cm³/mol. The van der Waals surface area contributed by atoms with Crippen LogP contribution in [0, 0.1) is 11.6 Å². The Labute approximate surface area is 144 Å². The van der Waals surface area contributed by atoms with E-state index in [1.165, 1.54) is 22.5 Å². The van der Waals surface area contributed by atoms with Crippen LogP contribution in [0.15, 0.2) is 60.7 Å². The van der Waals surface area contributed by atoms with E-state index in [0.29, 0.717) is 5.56 Å². The molecule has 1 N–H and O–H groups in total. The highest BCUT2D eigenvalue weighted by Crippen LogP contribution is 2.31. The van der Waals surface area contributed by atoms with Crippen molar-refractivity contribution in [1.29, 1.82) is 0 Å². The van der Waals surface area contributed by atoms with Crippen molar-refractivity contribution in [2.45, 2.75) is 20.0 Å². The Balaban J connectivity index is 1.72. The van der Waals surface area contributed by atoms with Gasteiger partial charge in [-0.1, -0.05) is 18.2 Å². The lowest BCUT2D eigenvalue weighted by Gasteiger charge is -2.09. The largest absolute Gasteiger partial charge is 0.381 e. The second kappa shape index (κ2) is 6.20. The van der Waals surface area contributed by atoms with Crippen LogP contribution < -0.4 is 5.32 Å². The molecule has 0 saturated carbocycles. The minimum Gasteiger partial charge on any atom is -0.381 e. The van der Waals surface area contributed by atoms with Crippen LogP contribution in [0.4, 0.5) is 14.5 Å². The van der Waals surface area contributed by atoms with Gasteiger partial charge in [0, 0.05) is 46.1 Å². The van der Waals surface area contributed by atoms with Gasteiger partial charge in [0.25, 0.3) is 0 Å². The maximum Gasteiger partial charge on any atom is 0.128 e. The number of nitrogens with zero attached hydrogens (tertiary/aromatic N) is 1. The number of fused-ring (bicyclic) bond motifs is 3. The second-order valence-corrected chi connectivity index (χ2v) is 6.08. The summed E-state index contributed by atoms with van der Waals surface area (Å²) < 4.78 is 29.4. The van der Waals surface area contributed by atoms with Gasteiger partial charge in [0.2, 0.25) is 0 Å². The number of para-hydroxylation sites is 1. The fourth-order valence-corrected chi connectivity index (χ4v) is 3.38. The minimum absolute atomic E-state index is 0.238. The first-order valence-electron chi connectivity index (χ1n) is 8.36. The van der Waals surface area contributed by atoms with Crippen molar-refractivity contribution in [3.05, 3.63) is 77.9 Å². The highest BCUT2D eigenvalue weighted by Gasteiger charge is 2.10. The lowest BCUT2D eigenvalue weighted by molar-refractivity contribution is 0.587. The standard InChI is InChI=1S/C21H18F2N2/c1-2-25-20-6-4-3-5-17(20)18-12-16(8-10-21(18)25)24-13-14-11-15(22)7-9-19(14)23/h3-12,24H,2,13H2,1H3. The van der Waals surface area contributed by atoms with E-state index in [4.69, 9.17) is 0 Å². The molecular formula is C21H18F2N2. The number of hydrogen-bond donors (Lipinski definition) is 1. The Morgan fingerprint density at radius 3 is 2.52 bits per heavy atom. The molecule has 0 spiro atoms. The summed E-state index contributed by atoms with van der Waals surface area (Å²) in [5, 5.41) is 5.55. The number of anilines is 1. The first kappa shape index (κ1) is 15.6. The number of hydrogen-bond acceptors (Lipinski definition) is 1. The lowest BCUT2D eigenvalue weighted by atomic mass is 10.1. The number of benzene rings is 3. The van der Waals surface area contributed by atoms with Gasteiger partial charge in [-0.2, -0.15) is 0 Å². The topological polar surface area (TPSA) is 17.0 Å². The molecule has 0 aliphatic rings. The Morgan fingerprint density at radius 1 is 0.880 bits per heavy atom. The van der Waals surface area contributed by atoms with Crippen LogP contribution in [0.3, 0.4) is 0 Å². The van der Waals surface area contributed by atoms with Gasteiger partial charge in [-0.25, -0.2) is 8.78 Å². The summed E-state index contributed by atoms with van der Waals surface area (Å²) in [5.41, 5.74) is 3.57. The van der Waals surface area contributed by atoms with Crippen molar-refractivity contribution in [1.82, 2.24) is 4.57 Å². The third kappa shape index (κ3) is 2.74. The smallest absolute Gasteiger partial charge is 0.128 e. The van der Waals surface area contributed by atoms with Crippen LogP contribution in [0.25, 0.3) is 21.8 Å². The molecule has 4 aromatic rings. The van der Waals surface area contributed by atoms with Crippen molar-refractivity contribution < 1.29 is 8.78 Å². The molecule has 0 bridgehead atoms. The summed E-state index contributed by atoms with van der Waals surface area (Å²) in [6, 6.07) is 17.9. The highest BCUT2D eigenvalue weighted by atomic mass is 19.1. The molecule has 0 amide bonds. The maximum atomic E-state index is 13.8. The van der Waals surface area contributed by atoms with Crippen molar-refractivity contribution in [2.75, 3.05) is 5.32 Å². The molecule has 0 radical (unpaired) electrons. The molecule has 0 aliphatic heterocycles. The van der Waals surface area contributed by atoms with Gasteiger partial charge < -0.3 is 9.88 Å². The van der Waals surface area contributed by atoms with Gasteiger partial charge in [0.1, 0.15) is 11.6 Å². The first-order valence-corrected chi connectivity index (χ1v) is 8.36. The summed E-state index contributed by atoms with van der Waals surface area (Å²) in [6.07, 6.45) is 0. The summed E-state index contributed by atoms with van der Waals surface area (Å²) in [5.74, 6) is -0.836. The fourth-order valence-electron chi connectivity index (χ4n) is 3.38. The second-order valence-electron chi connectivity index (χ2n) is 6.08. The molecule has 1 heterocycles. The molecule has 4 rings (SSSR count). The third-order valence-corrected chi connectivity index (χ3v) is 4.58. The number of halogens is 2. The quantitative estimate of drug-likeness (QED) is 0.505. The van der Waals surface area contributed by atoms with Crippen LogP contribution in [0.1, 0.15) is 12.5 Å². The Morgan fingerprint density at radius 2 is 1.68 bits per heavy atom. The molecular weight excluding hydrogens is 318 g/mol. The van der Waals surface area contributed by atoms with Crippen molar-refractivity contribution in [3.8, 4) is 0 Å². The summed E-state index contributed by atoms with van der Waals surface area (Å²) >= 11 is 0. The summed E-state index contributed by atoms with van der Waals surface area (Å²) in [4.78, 5) is 0. The zero-order valence-corrected chi connectivity index (χ0v) is 13.9. The van der Waals surface area contributed by atoms with E-state index in [0.717, 1.165) is 29.8 Å². The van der Waals surface area contributed by atoms with Crippen LogP contribution in [-0.4, -0.2) is 4.57 Å². The average molecular weight is 336 g/mol. The van der Waals surface area contributed by atoms with E-state index in [1.807, 2.05) is 18.2 Å². The SMILES string of the molecule is CCn1c2ccccc2c2cc(NCc3cc(F)ccc3F)ccc21. The Kier molecular flexibility index (Phi) is 3.88. The van der Waals surface area contributed by atoms with Crippen molar-refractivity contribution >= 4 is 27.5 Å². The molecule has 1 aromatic heterocycles. The fraction of sp³-hybridized carbons (Fsp3) is 0.143. The van der Waals surface area contributed by atoms with E-state index in [2.05, 4.69) is 41.1 Å². The van der Waals surface area contributed by atoms with Crippen LogP contribution in [0.2, 0.25) is 0 Å². The highest BCUT2D eigenvalue weighted by molar-refractivity contribution is 6.09. The molecule has 0 saturated heterocycles. The van der Waals surface area contributed by atoms with Crippen molar-refractivity contribution in [3.63, 3.8) is 0 Å². The molecule has 0 fully saturated rings. The Hall–Kier alpha value is -2.88. The molecule has 0 aliphatic carbocycles. The van der Waals surface area contributed by atoms with Gasteiger partial charge >= 0.3 is 0 Å². The number of aromatic nitrogens is 1. The van der Waals surface area contributed by atoms with E-state index >= 15 is 0 Å². The van der Waals surface area contributed by atoms with Gasteiger partial charge in [-0.15, -0.1) is 0 Å². The van der Waals surface area contributed by atoms with E-state index in [1.54, 1.807) is 0 Å².